The zero-order valence-corrected chi connectivity index (χ0v) is 13.8. The van der Waals surface area contributed by atoms with E-state index in [0.29, 0.717) is 10.9 Å². The number of aryl methyl sites for hydroxylation is 1. The van der Waals surface area contributed by atoms with Gasteiger partial charge in [0.15, 0.2) is 0 Å². The molecular formula is C16H21ClN4O. The van der Waals surface area contributed by atoms with E-state index in [-0.39, 0.29) is 0 Å². The van der Waals surface area contributed by atoms with Crippen LogP contribution in [-0.4, -0.2) is 39.9 Å². The lowest BCUT2D eigenvalue weighted by Crippen LogP contribution is -2.33. The van der Waals surface area contributed by atoms with E-state index >= 15 is 0 Å². The molecule has 0 atom stereocenters. The van der Waals surface area contributed by atoms with Gasteiger partial charge in [-0.15, -0.1) is 10.2 Å². The maximum atomic E-state index is 6.19. The van der Waals surface area contributed by atoms with Gasteiger partial charge < -0.3 is 9.30 Å². The van der Waals surface area contributed by atoms with Crippen molar-refractivity contribution in [2.75, 3.05) is 20.2 Å². The molecule has 0 radical (unpaired) electrons. The predicted octanol–water partition coefficient (Wildman–Crippen LogP) is 2.86. The Balaban J connectivity index is 1.58. The summed E-state index contributed by atoms with van der Waals surface area (Å²) in [6.45, 7) is 3.07. The second kappa shape index (κ2) is 6.67. The van der Waals surface area contributed by atoms with E-state index < -0.39 is 0 Å². The molecule has 0 unspecified atom stereocenters. The van der Waals surface area contributed by atoms with E-state index in [9.17, 15) is 0 Å². The molecule has 0 bridgehead atoms. The summed E-state index contributed by atoms with van der Waals surface area (Å²) < 4.78 is 7.23. The Morgan fingerprint density at radius 1 is 1.32 bits per heavy atom. The highest BCUT2D eigenvalue weighted by molar-refractivity contribution is 6.32. The largest absolute Gasteiger partial charge is 0.495 e. The second-order valence-corrected chi connectivity index (χ2v) is 6.23. The normalized spacial score (nSPS) is 16.9. The Bertz CT molecular complexity index is 635. The molecule has 1 aromatic heterocycles. The fourth-order valence-corrected chi connectivity index (χ4v) is 3.36. The van der Waals surface area contributed by atoms with E-state index in [1.54, 1.807) is 13.4 Å². The van der Waals surface area contributed by atoms with Gasteiger partial charge in [-0.3, -0.25) is 4.90 Å². The molecule has 1 fully saturated rings. The molecule has 1 saturated heterocycles. The van der Waals surface area contributed by atoms with Gasteiger partial charge in [-0.2, -0.15) is 0 Å². The lowest BCUT2D eigenvalue weighted by molar-refractivity contribution is 0.200. The van der Waals surface area contributed by atoms with Crippen molar-refractivity contribution < 1.29 is 4.74 Å². The van der Waals surface area contributed by atoms with Gasteiger partial charge in [0.25, 0.3) is 0 Å². The third-order valence-electron chi connectivity index (χ3n) is 4.32. The average molecular weight is 321 g/mol. The van der Waals surface area contributed by atoms with Crippen LogP contribution in [0.25, 0.3) is 0 Å². The van der Waals surface area contributed by atoms with Gasteiger partial charge >= 0.3 is 0 Å². The first kappa shape index (κ1) is 15.3. The molecule has 2 aromatic rings. The number of aromatic nitrogens is 3. The van der Waals surface area contributed by atoms with Gasteiger partial charge in [0.05, 0.1) is 12.1 Å². The van der Waals surface area contributed by atoms with Crippen LogP contribution in [-0.2, 0) is 13.6 Å². The van der Waals surface area contributed by atoms with Crippen LogP contribution in [0.3, 0.4) is 0 Å². The zero-order valence-electron chi connectivity index (χ0n) is 13.0. The molecule has 6 heteroatoms. The average Bonchev–Trinajstić information content (AvgIpc) is 2.94. The number of hydrogen-bond donors (Lipinski definition) is 0. The molecule has 5 nitrogen and oxygen atoms in total. The van der Waals surface area contributed by atoms with Crippen molar-refractivity contribution in [2.45, 2.75) is 25.3 Å². The predicted molar refractivity (Wildman–Crippen MR) is 86.3 cm³/mol. The summed E-state index contributed by atoms with van der Waals surface area (Å²) in [7, 11) is 3.65. The molecule has 0 saturated carbocycles. The van der Waals surface area contributed by atoms with Crippen LogP contribution in [0.1, 0.15) is 30.1 Å². The first-order valence-electron chi connectivity index (χ1n) is 7.56. The summed E-state index contributed by atoms with van der Waals surface area (Å²) in [4.78, 5) is 2.46. The van der Waals surface area contributed by atoms with E-state index in [2.05, 4.69) is 21.2 Å². The smallest absolute Gasteiger partial charge is 0.137 e. The van der Waals surface area contributed by atoms with Crippen molar-refractivity contribution in [1.82, 2.24) is 19.7 Å². The quantitative estimate of drug-likeness (QED) is 0.869. The third kappa shape index (κ3) is 3.25. The number of ether oxygens (including phenoxy) is 1. The number of methoxy groups -OCH3 is 1. The maximum absolute atomic E-state index is 6.19. The lowest BCUT2D eigenvalue weighted by Gasteiger charge is -2.31. The summed E-state index contributed by atoms with van der Waals surface area (Å²) in [6.07, 6.45) is 4.02. The molecule has 0 N–H and O–H groups in total. The van der Waals surface area contributed by atoms with Crippen molar-refractivity contribution >= 4 is 11.6 Å². The van der Waals surface area contributed by atoms with Crippen molar-refractivity contribution in [3.05, 3.63) is 40.9 Å². The fourth-order valence-electron chi connectivity index (χ4n) is 3.08. The van der Waals surface area contributed by atoms with Crippen LogP contribution >= 0.6 is 11.6 Å². The van der Waals surface area contributed by atoms with Gasteiger partial charge in [0.2, 0.25) is 0 Å². The second-order valence-electron chi connectivity index (χ2n) is 5.82. The fraction of sp³-hybridized carbons (Fsp3) is 0.500. The van der Waals surface area contributed by atoms with Crippen molar-refractivity contribution in [1.29, 1.82) is 0 Å². The summed E-state index contributed by atoms with van der Waals surface area (Å²) in [5.74, 6) is 2.35. The minimum atomic E-state index is 0.517. The summed E-state index contributed by atoms with van der Waals surface area (Å²) >= 11 is 6.19. The number of piperidine rings is 1. The SMILES string of the molecule is COc1ccc(CN2CCC(c3nncn3C)CC2)cc1Cl. The van der Waals surface area contributed by atoms with Crippen LogP contribution in [0.2, 0.25) is 5.02 Å². The van der Waals surface area contributed by atoms with Crippen LogP contribution in [0.4, 0.5) is 0 Å². The van der Waals surface area contributed by atoms with Gasteiger partial charge in [-0.05, 0) is 43.6 Å². The van der Waals surface area contributed by atoms with Crippen molar-refractivity contribution in [3.8, 4) is 5.75 Å². The molecular weight excluding hydrogens is 300 g/mol. The molecule has 118 valence electrons. The highest BCUT2D eigenvalue weighted by atomic mass is 35.5. The number of nitrogens with zero attached hydrogens (tertiary/aromatic N) is 4. The van der Waals surface area contributed by atoms with Crippen molar-refractivity contribution in [2.24, 2.45) is 7.05 Å². The van der Waals surface area contributed by atoms with Crippen LogP contribution in [0.15, 0.2) is 24.5 Å². The van der Waals surface area contributed by atoms with Gasteiger partial charge in [0.1, 0.15) is 17.9 Å². The Hall–Kier alpha value is -1.59. The van der Waals surface area contributed by atoms with E-state index in [1.807, 2.05) is 23.7 Å². The highest BCUT2D eigenvalue weighted by Gasteiger charge is 2.23. The maximum Gasteiger partial charge on any atom is 0.137 e. The number of hydrogen-bond acceptors (Lipinski definition) is 4. The zero-order chi connectivity index (χ0) is 15.5. The number of halogens is 1. The monoisotopic (exact) mass is 320 g/mol. The van der Waals surface area contributed by atoms with Gasteiger partial charge in [-0.1, -0.05) is 17.7 Å². The minimum absolute atomic E-state index is 0.517. The molecule has 0 aliphatic carbocycles. The number of rotatable bonds is 4. The van der Waals surface area contributed by atoms with Gasteiger partial charge in [0, 0.05) is 19.5 Å². The van der Waals surface area contributed by atoms with Gasteiger partial charge in [-0.25, -0.2) is 0 Å². The Kier molecular flexibility index (Phi) is 4.64. The van der Waals surface area contributed by atoms with Crippen LogP contribution < -0.4 is 4.74 Å². The first-order chi connectivity index (χ1) is 10.7. The van der Waals surface area contributed by atoms with E-state index in [1.165, 1.54) is 5.56 Å². The Morgan fingerprint density at radius 2 is 2.09 bits per heavy atom. The van der Waals surface area contributed by atoms with Crippen LogP contribution in [0.5, 0.6) is 5.75 Å². The number of likely N-dealkylation sites (tertiary alicyclic amines) is 1. The molecule has 1 aliphatic heterocycles. The highest BCUT2D eigenvalue weighted by Crippen LogP contribution is 2.29. The molecule has 22 heavy (non-hydrogen) atoms. The summed E-state index contributed by atoms with van der Waals surface area (Å²) in [5.41, 5.74) is 1.22. The lowest BCUT2D eigenvalue weighted by atomic mass is 9.95. The Morgan fingerprint density at radius 3 is 2.68 bits per heavy atom. The van der Waals surface area contributed by atoms with E-state index in [0.717, 1.165) is 44.0 Å². The molecule has 1 aromatic carbocycles. The topological polar surface area (TPSA) is 43.2 Å². The Labute approximate surface area is 135 Å². The molecule has 0 spiro atoms. The summed E-state index contributed by atoms with van der Waals surface area (Å²) in [6, 6.07) is 6.01. The molecule has 3 rings (SSSR count). The third-order valence-corrected chi connectivity index (χ3v) is 4.62. The number of benzene rings is 1. The molecule has 0 amide bonds. The van der Waals surface area contributed by atoms with Crippen LogP contribution in [0, 0.1) is 0 Å². The first-order valence-corrected chi connectivity index (χ1v) is 7.94. The van der Waals surface area contributed by atoms with Crippen molar-refractivity contribution in [3.63, 3.8) is 0 Å². The standard InChI is InChI=1S/C16H21ClN4O/c1-20-11-18-19-16(20)13-5-7-21(8-6-13)10-12-3-4-15(22-2)14(17)9-12/h3-4,9,11,13H,5-8,10H2,1-2H3. The van der Waals surface area contributed by atoms with E-state index in [4.69, 9.17) is 16.3 Å². The summed E-state index contributed by atoms with van der Waals surface area (Å²) in [5, 5.41) is 8.90. The molecule has 2 heterocycles. The molecule has 1 aliphatic rings. The minimum Gasteiger partial charge on any atom is -0.495 e.